The lowest BCUT2D eigenvalue weighted by Crippen LogP contribution is -2.47. The molecule has 6 heteroatoms. The molecule has 0 aromatic rings. The summed E-state index contributed by atoms with van der Waals surface area (Å²) < 4.78 is 5.28. The van der Waals surface area contributed by atoms with Gasteiger partial charge in [0, 0.05) is 38.3 Å². The first-order valence-electron chi connectivity index (χ1n) is 7.34. The first kappa shape index (κ1) is 14.6. The zero-order chi connectivity index (χ0) is 13.5. The molecule has 0 aromatic heterocycles. The normalized spacial score (nSPS) is 28.9. The maximum absolute atomic E-state index is 11.7. The van der Waals surface area contributed by atoms with Gasteiger partial charge in [-0.2, -0.15) is 0 Å². The molecular formula is C13H26N4O2. The van der Waals surface area contributed by atoms with Crippen molar-refractivity contribution in [2.45, 2.75) is 37.8 Å². The molecule has 6 nitrogen and oxygen atoms in total. The van der Waals surface area contributed by atoms with Crippen molar-refractivity contribution in [3.63, 3.8) is 0 Å². The van der Waals surface area contributed by atoms with E-state index >= 15 is 0 Å². The molecule has 1 heterocycles. The zero-order valence-electron chi connectivity index (χ0n) is 11.6. The minimum Gasteiger partial charge on any atom is -0.379 e. The molecular weight excluding hydrogens is 244 g/mol. The van der Waals surface area contributed by atoms with Crippen molar-refractivity contribution >= 4 is 6.03 Å². The summed E-state index contributed by atoms with van der Waals surface area (Å²) in [6.07, 6.45) is 4.02. The molecule has 1 aliphatic heterocycles. The van der Waals surface area contributed by atoms with Crippen LogP contribution in [0.1, 0.15) is 25.7 Å². The highest BCUT2D eigenvalue weighted by Gasteiger charge is 2.19. The van der Waals surface area contributed by atoms with E-state index in [1.807, 2.05) is 0 Å². The number of urea groups is 1. The number of nitrogens with one attached hydrogen (secondary N) is 2. The number of hydrogen-bond acceptors (Lipinski definition) is 4. The van der Waals surface area contributed by atoms with Crippen LogP contribution in [-0.2, 0) is 4.74 Å². The second kappa shape index (κ2) is 7.67. The molecule has 1 aliphatic carbocycles. The molecule has 0 atom stereocenters. The average Bonchev–Trinajstić information content (AvgIpc) is 2.43. The fourth-order valence-corrected chi connectivity index (χ4v) is 2.65. The lowest BCUT2D eigenvalue weighted by Gasteiger charge is -2.28. The summed E-state index contributed by atoms with van der Waals surface area (Å²) in [6, 6.07) is 0.569. The fraction of sp³-hybridized carbons (Fsp3) is 0.923. The Hall–Kier alpha value is -0.850. The molecule has 2 aliphatic rings. The van der Waals surface area contributed by atoms with Crippen LogP contribution in [-0.4, -0.2) is 62.4 Å². The lowest BCUT2D eigenvalue weighted by molar-refractivity contribution is 0.0387. The van der Waals surface area contributed by atoms with Crippen LogP contribution in [0.15, 0.2) is 0 Å². The summed E-state index contributed by atoms with van der Waals surface area (Å²) >= 11 is 0. The van der Waals surface area contributed by atoms with Gasteiger partial charge in [0.2, 0.25) is 0 Å². The maximum Gasteiger partial charge on any atom is 0.315 e. The Bertz CT molecular complexity index is 274. The molecule has 1 saturated heterocycles. The number of morpholine rings is 1. The average molecular weight is 270 g/mol. The van der Waals surface area contributed by atoms with Gasteiger partial charge >= 0.3 is 6.03 Å². The molecule has 2 rings (SSSR count). The molecule has 2 fully saturated rings. The Morgan fingerprint density at radius 3 is 2.58 bits per heavy atom. The second-order valence-corrected chi connectivity index (χ2v) is 5.47. The molecule has 0 unspecified atom stereocenters. The van der Waals surface area contributed by atoms with E-state index in [-0.39, 0.29) is 6.03 Å². The summed E-state index contributed by atoms with van der Waals surface area (Å²) in [4.78, 5) is 14.0. The van der Waals surface area contributed by atoms with E-state index in [1.165, 1.54) is 0 Å². The highest BCUT2D eigenvalue weighted by atomic mass is 16.5. The zero-order valence-corrected chi connectivity index (χ0v) is 11.6. The molecule has 1 saturated carbocycles. The third-order valence-electron chi connectivity index (χ3n) is 3.92. The van der Waals surface area contributed by atoms with Crippen molar-refractivity contribution < 1.29 is 9.53 Å². The van der Waals surface area contributed by atoms with Crippen molar-refractivity contribution in [2.75, 3.05) is 39.4 Å². The maximum atomic E-state index is 11.7. The predicted octanol–water partition coefficient (Wildman–Crippen LogP) is -0.112. The number of carbonyl (C=O) groups excluding carboxylic acids is 1. The highest BCUT2D eigenvalue weighted by Crippen LogP contribution is 2.16. The van der Waals surface area contributed by atoms with E-state index in [9.17, 15) is 4.79 Å². The summed E-state index contributed by atoms with van der Waals surface area (Å²) in [6.45, 7) is 5.11. The van der Waals surface area contributed by atoms with E-state index in [2.05, 4.69) is 15.5 Å². The predicted molar refractivity (Wildman–Crippen MR) is 74.0 cm³/mol. The van der Waals surface area contributed by atoms with Gasteiger partial charge in [0.15, 0.2) is 0 Å². The van der Waals surface area contributed by atoms with Gasteiger partial charge in [-0.25, -0.2) is 4.79 Å². The van der Waals surface area contributed by atoms with Crippen molar-refractivity contribution in [2.24, 2.45) is 5.73 Å². The summed E-state index contributed by atoms with van der Waals surface area (Å²) in [7, 11) is 0. The Balaban J connectivity index is 1.54. The van der Waals surface area contributed by atoms with Gasteiger partial charge in [-0.15, -0.1) is 0 Å². The minimum absolute atomic E-state index is 0.0475. The van der Waals surface area contributed by atoms with Crippen LogP contribution in [0, 0.1) is 0 Å². The Morgan fingerprint density at radius 1 is 1.21 bits per heavy atom. The van der Waals surface area contributed by atoms with Crippen LogP contribution in [0.25, 0.3) is 0 Å². The number of rotatable bonds is 4. The van der Waals surface area contributed by atoms with Crippen molar-refractivity contribution in [1.29, 1.82) is 0 Å². The summed E-state index contributed by atoms with van der Waals surface area (Å²) in [5.41, 5.74) is 5.85. The SMILES string of the molecule is NC1CCC(NC(=O)NCCN2CCOCC2)CC1. The molecule has 0 aromatic carbocycles. The van der Waals surface area contributed by atoms with Gasteiger partial charge < -0.3 is 21.1 Å². The molecule has 110 valence electrons. The Kier molecular flexibility index (Phi) is 5.88. The fourth-order valence-electron chi connectivity index (χ4n) is 2.65. The van der Waals surface area contributed by atoms with Gasteiger partial charge in [0.25, 0.3) is 0 Å². The summed E-state index contributed by atoms with van der Waals surface area (Å²) in [5, 5.41) is 5.95. The van der Waals surface area contributed by atoms with E-state index in [4.69, 9.17) is 10.5 Å². The van der Waals surface area contributed by atoms with Crippen LogP contribution in [0.3, 0.4) is 0 Å². The van der Waals surface area contributed by atoms with Crippen molar-refractivity contribution in [3.05, 3.63) is 0 Å². The molecule has 4 N–H and O–H groups in total. The van der Waals surface area contributed by atoms with E-state index in [0.717, 1.165) is 58.5 Å². The first-order valence-corrected chi connectivity index (χ1v) is 7.34. The van der Waals surface area contributed by atoms with E-state index in [0.29, 0.717) is 18.6 Å². The number of ether oxygens (including phenoxy) is 1. The van der Waals surface area contributed by atoms with Gasteiger partial charge in [-0.3, -0.25) is 4.90 Å². The van der Waals surface area contributed by atoms with Gasteiger partial charge in [0.05, 0.1) is 13.2 Å². The Labute approximate surface area is 115 Å². The van der Waals surface area contributed by atoms with Crippen LogP contribution in [0.2, 0.25) is 0 Å². The number of nitrogens with two attached hydrogens (primary N) is 1. The van der Waals surface area contributed by atoms with Gasteiger partial charge in [-0.05, 0) is 25.7 Å². The standard InChI is InChI=1S/C13H26N4O2/c14-11-1-3-12(4-2-11)16-13(18)15-5-6-17-7-9-19-10-8-17/h11-12H,1-10,14H2,(H2,15,16,18). The molecule has 2 amide bonds. The van der Waals surface area contributed by atoms with Crippen LogP contribution >= 0.6 is 0 Å². The monoisotopic (exact) mass is 270 g/mol. The van der Waals surface area contributed by atoms with E-state index in [1.54, 1.807) is 0 Å². The third-order valence-corrected chi connectivity index (χ3v) is 3.92. The largest absolute Gasteiger partial charge is 0.379 e. The topological polar surface area (TPSA) is 79.6 Å². The minimum atomic E-state index is -0.0475. The number of hydrogen-bond donors (Lipinski definition) is 3. The first-order chi connectivity index (χ1) is 9.24. The number of nitrogens with zero attached hydrogens (tertiary/aromatic N) is 1. The molecule has 19 heavy (non-hydrogen) atoms. The molecule has 0 bridgehead atoms. The quantitative estimate of drug-likeness (QED) is 0.666. The van der Waals surface area contributed by atoms with E-state index < -0.39 is 0 Å². The van der Waals surface area contributed by atoms with Crippen LogP contribution < -0.4 is 16.4 Å². The highest BCUT2D eigenvalue weighted by molar-refractivity contribution is 5.74. The second-order valence-electron chi connectivity index (χ2n) is 5.47. The van der Waals surface area contributed by atoms with Crippen molar-refractivity contribution in [1.82, 2.24) is 15.5 Å². The molecule has 0 radical (unpaired) electrons. The van der Waals surface area contributed by atoms with Crippen molar-refractivity contribution in [3.8, 4) is 0 Å². The van der Waals surface area contributed by atoms with Crippen LogP contribution in [0.5, 0.6) is 0 Å². The molecule has 0 spiro atoms. The van der Waals surface area contributed by atoms with Gasteiger partial charge in [-0.1, -0.05) is 0 Å². The number of amides is 2. The Morgan fingerprint density at radius 2 is 1.89 bits per heavy atom. The van der Waals surface area contributed by atoms with Crippen LogP contribution in [0.4, 0.5) is 4.79 Å². The number of carbonyl (C=O) groups is 1. The summed E-state index contributed by atoms with van der Waals surface area (Å²) in [5.74, 6) is 0. The smallest absolute Gasteiger partial charge is 0.315 e. The third kappa shape index (κ3) is 5.34. The van der Waals surface area contributed by atoms with Gasteiger partial charge in [0.1, 0.15) is 0 Å². The lowest BCUT2D eigenvalue weighted by atomic mass is 9.92.